The molecule has 2 nitrogen and oxygen atoms in total. The van der Waals surface area contributed by atoms with Gasteiger partial charge in [0.2, 0.25) is 0 Å². The lowest BCUT2D eigenvalue weighted by Gasteiger charge is -2.09. The first-order valence-corrected chi connectivity index (χ1v) is 6.01. The van der Waals surface area contributed by atoms with Gasteiger partial charge in [0.05, 0.1) is 11.3 Å². The smallest absolute Gasteiger partial charge is 0.101 e. The number of anilines is 2. The quantitative estimate of drug-likeness (QED) is 0.890. The highest BCUT2D eigenvalue weighted by Crippen LogP contribution is 2.24. The first-order valence-electron chi connectivity index (χ1n) is 5.22. The predicted molar refractivity (Wildman–Crippen MR) is 73.3 cm³/mol. The molecule has 1 N–H and O–H groups in total. The van der Waals surface area contributed by atoms with E-state index in [4.69, 9.17) is 5.26 Å². The summed E-state index contributed by atoms with van der Waals surface area (Å²) in [5.41, 5.74) is 3.62. The van der Waals surface area contributed by atoms with Crippen LogP contribution in [0.2, 0.25) is 0 Å². The summed E-state index contributed by atoms with van der Waals surface area (Å²) in [4.78, 5) is 0. The summed E-state index contributed by atoms with van der Waals surface area (Å²) in [6.07, 6.45) is 0. The molecule has 0 heterocycles. The van der Waals surface area contributed by atoms with Gasteiger partial charge in [0.25, 0.3) is 0 Å². The second-order valence-corrected chi connectivity index (χ2v) is 4.71. The molecule has 2 aromatic carbocycles. The van der Waals surface area contributed by atoms with E-state index in [0.29, 0.717) is 5.56 Å². The van der Waals surface area contributed by atoms with Crippen molar-refractivity contribution < 1.29 is 0 Å². The largest absolute Gasteiger partial charge is 0.354 e. The fourth-order valence-electron chi connectivity index (χ4n) is 1.60. The number of aryl methyl sites for hydroxylation is 1. The van der Waals surface area contributed by atoms with Gasteiger partial charge in [-0.2, -0.15) is 5.26 Å². The average molecular weight is 287 g/mol. The zero-order valence-corrected chi connectivity index (χ0v) is 11.0. The van der Waals surface area contributed by atoms with Crippen LogP contribution in [0.1, 0.15) is 11.1 Å². The van der Waals surface area contributed by atoms with Crippen molar-refractivity contribution in [1.82, 2.24) is 0 Å². The van der Waals surface area contributed by atoms with Crippen molar-refractivity contribution in [3.63, 3.8) is 0 Å². The van der Waals surface area contributed by atoms with Crippen molar-refractivity contribution in [2.45, 2.75) is 6.92 Å². The van der Waals surface area contributed by atoms with Crippen LogP contribution >= 0.6 is 15.9 Å². The lowest BCUT2D eigenvalue weighted by atomic mass is 10.1. The Kier molecular flexibility index (Phi) is 3.46. The third kappa shape index (κ3) is 2.86. The average Bonchev–Trinajstić information content (AvgIpc) is 2.31. The van der Waals surface area contributed by atoms with E-state index in [2.05, 4.69) is 27.3 Å². The second-order valence-electron chi connectivity index (χ2n) is 3.80. The van der Waals surface area contributed by atoms with Crippen molar-refractivity contribution in [3.05, 3.63) is 58.1 Å². The van der Waals surface area contributed by atoms with Crippen LogP contribution in [0.3, 0.4) is 0 Å². The fourth-order valence-corrected chi connectivity index (χ4v) is 1.96. The van der Waals surface area contributed by atoms with Gasteiger partial charge in [0, 0.05) is 10.2 Å². The molecule has 17 heavy (non-hydrogen) atoms. The van der Waals surface area contributed by atoms with E-state index in [9.17, 15) is 0 Å². The summed E-state index contributed by atoms with van der Waals surface area (Å²) in [5, 5.41) is 12.3. The number of nitriles is 1. The third-order valence-corrected chi connectivity index (χ3v) is 2.89. The van der Waals surface area contributed by atoms with Gasteiger partial charge in [-0.25, -0.2) is 0 Å². The Labute approximate surface area is 109 Å². The van der Waals surface area contributed by atoms with Gasteiger partial charge in [-0.05, 0) is 42.8 Å². The molecule has 84 valence electrons. The molecule has 0 amide bonds. The van der Waals surface area contributed by atoms with Crippen LogP contribution in [0.15, 0.2) is 46.9 Å². The Morgan fingerprint density at radius 1 is 1.18 bits per heavy atom. The Balaban J connectivity index is 2.34. The third-order valence-electron chi connectivity index (χ3n) is 2.40. The molecular formula is C14H11BrN2. The Morgan fingerprint density at radius 2 is 2.00 bits per heavy atom. The lowest BCUT2D eigenvalue weighted by molar-refractivity contribution is 1.43. The number of nitrogens with zero attached hydrogens (tertiary/aromatic N) is 1. The summed E-state index contributed by atoms with van der Waals surface area (Å²) < 4.78 is 0.906. The SMILES string of the molecule is Cc1cccc(Nc2ccc(Br)cc2C#N)c1. The van der Waals surface area contributed by atoms with Gasteiger partial charge in [-0.1, -0.05) is 28.1 Å². The molecule has 0 saturated heterocycles. The number of nitrogens with one attached hydrogen (secondary N) is 1. The maximum Gasteiger partial charge on any atom is 0.101 e. The van der Waals surface area contributed by atoms with Gasteiger partial charge in [-0.3, -0.25) is 0 Å². The van der Waals surface area contributed by atoms with Gasteiger partial charge in [0.15, 0.2) is 0 Å². The summed E-state index contributed by atoms with van der Waals surface area (Å²) >= 11 is 3.36. The molecule has 0 aliphatic rings. The van der Waals surface area contributed by atoms with E-state index < -0.39 is 0 Å². The van der Waals surface area contributed by atoms with Crippen molar-refractivity contribution in [2.75, 3.05) is 5.32 Å². The summed E-state index contributed by atoms with van der Waals surface area (Å²) in [6, 6.07) is 15.8. The number of hydrogen-bond acceptors (Lipinski definition) is 2. The minimum absolute atomic E-state index is 0.626. The number of halogens is 1. The highest BCUT2D eigenvalue weighted by Gasteiger charge is 2.03. The maximum atomic E-state index is 9.06. The molecule has 0 atom stereocenters. The van der Waals surface area contributed by atoms with Crippen LogP contribution in [0.4, 0.5) is 11.4 Å². The van der Waals surface area contributed by atoms with E-state index in [1.165, 1.54) is 5.56 Å². The summed E-state index contributed by atoms with van der Waals surface area (Å²) in [6.45, 7) is 2.04. The highest BCUT2D eigenvalue weighted by atomic mass is 79.9. The predicted octanol–water partition coefficient (Wildman–Crippen LogP) is 4.37. The van der Waals surface area contributed by atoms with Gasteiger partial charge < -0.3 is 5.32 Å². The summed E-state index contributed by atoms with van der Waals surface area (Å²) in [5.74, 6) is 0. The monoisotopic (exact) mass is 286 g/mol. The molecule has 0 spiro atoms. The van der Waals surface area contributed by atoms with Crippen molar-refractivity contribution in [2.24, 2.45) is 0 Å². The van der Waals surface area contributed by atoms with Crippen LogP contribution in [0.5, 0.6) is 0 Å². The van der Waals surface area contributed by atoms with E-state index in [0.717, 1.165) is 15.8 Å². The fraction of sp³-hybridized carbons (Fsp3) is 0.0714. The molecule has 2 aromatic rings. The standard InChI is InChI=1S/C14H11BrN2/c1-10-3-2-4-13(7-10)17-14-6-5-12(15)8-11(14)9-16/h2-8,17H,1H3. The van der Waals surface area contributed by atoms with Crippen LogP contribution in [-0.4, -0.2) is 0 Å². The highest BCUT2D eigenvalue weighted by molar-refractivity contribution is 9.10. The number of hydrogen-bond donors (Lipinski definition) is 1. The molecule has 0 bridgehead atoms. The summed E-state index contributed by atoms with van der Waals surface area (Å²) in [7, 11) is 0. The molecule has 3 heteroatoms. The minimum atomic E-state index is 0.626. The maximum absolute atomic E-state index is 9.06. The zero-order valence-electron chi connectivity index (χ0n) is 9.37. The van der Waals surface area contributed by atoms with Gasteiger partial charge >= 0.3 is 0 Å². The normalized spacial score (nSPS) is 9.71. The van der Waals surface area contributed by atoms with E-state index in [1.807, 2.05) is 43.3 Å². The van der Waals surface area contributed by atoms with Crippen molar-refractivity contribution in [1.29, 1.82) is 5.26 Å². The molecule has 0 aromatic heterocycles. The van der Waals surface area contributed by atoms with Crippen LogP contribution in [0, 0.1) is 18.3 Å². The van der Waals surface area contributed by atoms with Gasteiger partial charge in [-0.15, -0.1) is 0 Å². The lowest BCUT2D eigenvalue weighted by Crippen LogP contribution is -1.93. The van der Waals surface area contributed by atoms with Gasteiger partial charge in [0.1, 0.15) is 6.07 Å². The van der Waals surface area contributed by atoms with E-state index >= 15 is 0 Å². The topological polar surface area (TPSA) is 35.8 Å². The molecule has 0 aliphatic heterocycles. The molecule has 0 aliphatic carbocycles. The Hall–Kier alpha value is -1.79. The van der Waals surface area contributed by atoms with Crippen LogP contribution < -0.4 is 5.32 Å². The molecule has 2 rings (SSSR count). The Morgan fingerprint density at radius 3 is 2.71 bits per heavy atom. The van der Waals surface area contributed by atoms with E-state index in [-0.39, 0.29) is 0 Å². The van der Waals surface area contributed by atoms with Crippen molar-refractivity contribution >= 4 is 27.3 Å². The number of rotatable bonds is 2. The first-order chi connectivity index (χ1) is 8.19. The molecular weight excluding hydrogens is 276 g/mol. The van der Waals surface area contributed by atoms with Crippen molar-refractivity contribution in [3.8, 4) is 6.07 Å². The zero-order chi connectivity index (χ0) is 12.3. The number of benzene rings is 2. The van der Waals surface area contributed by atoms with E-state index in [1.54, 1.807) is 6.07 Å². The molecule has 0 saturated carbocycles. The first kappa shape index (κ1) is 11.7. The minimum Gasteiger partial charge on any atom is -0.354 e. The molecule has 0 radical (unpaired) electrons. The molecule has 0 unspecified atom stereocenters. The Bertz CT molecular complexity index is 585. The molecule has 0 fully saturated rings. The van der Waals surface area contributed by atoms with Crippen LogP contribution in [-0.2, 0) is 0 Å². The van der Waals surface area contributed by atoms with Crippen LogP contribution in [0.25, 0.3) is 0 Å². The second kappa shape index (κ2) is 5.03.